The van der Waals surface area contributed by atoms with Crippen molar-refractivity contribution in [3.8, 4) is 5.75 Å². The first-order valence-electron chi connectivity index (χ1n) is 12.4. The molecule has 0 spiro atoms. The number of aliphatic hydroxyl groups is 1. The van der Waals surface area contributed by atoms with E-state index < -0.39 is 17.7 Å². The summed E-state index contributed by atoms with van der Waals surface area (Å²) < 4.78 is 6.73. The Labute approximate surface area is 218 Å². The van der Waals surface area contributed by atoms with Gasteiger partial charge in [0.15, 0.2) is 5.13 Å². The number of nitrogens with zero attached hydrogens (tertiary/aromatic N) is 2. The molecule has 6 rings (SSSR count). The Kier molecular flexibility index (Phi) is 5.60. The minimum absolute atomic E-state index is 0.0535. The van der Waals surface area contributed by atoms with Gasteiger partial charge in [0.2, 0.25) is 0 Å². The van der Waals surface area contributed by atoms with Crippen LogP contribution in [0, 0.1) is 6.92 Å². The minimum atomic E-state index is -0.795. The van der Waals surface area contributed by atoms with Crippen LogP contribution in [0.15, 0.2) is 66.2 Å². The fraction of sp³-hybridized carbons (Fsp3) is 0.233. The Balaban J connectivity index is 1.53. The highest BCUT2D eigenvalue weighted by Gasteiger charge is 2.48. The summed E-state index contributed by atoms with van der Waals surface area (Å²) in [6.45, 7) is 6.07. The molecular weight excluding hydrogens is 484 g/mol. The number of anilines is 1. The predicted molar refractivity (Wildman–Crippen MR) is 145 cm³/mol. The van der Waals surface area contributed by atoms with E-state index in [1.807, 2.05) is 68.4 Å². The summed E-state index contributed by atoms with van der Waals surface area (Å²) in [5.74, 6) is -0.826. The molecule has 1 saturated heterocycles. The van der Waals surface area contributed by atoms with E-state index in [-0.39, 0.29) is 17.4 Å². The molecule has 0 saturated carbocycles. The largest absolute Gasteiger partial charge is 0.507 e. The van der Waals surface area contributed by atoms with Gasteiger partial charge in [-0.1, -0.05) is 48.6 Å². The lowest BCUT2D eigenvalue weighted by molar-refractivity contribution is -0.132. The zero-order valence-electron chi connectivity index (χ0n) is 20.8. The third-order valence-corrected chi connectivity index (χ3v) is 8.07. The molecule has 2 aliphatic heterocycles. The van der Waals surface area contributed by atoms with E-state index in [4.69, 9.17) is 9.72 Å². The third kappa shape index (κ3) is 3.90. The third-order valence-electron chi connectivity index (χ3n) is 7.06. The van der Waals surface area contributed by atoms with Crippen molar-refractivity contribution in [2.45, 2.75) is 45.8 Å². The number of hydrogen-bond donors (Lipinski definition) is 1. The first kappa shape index (κ1) is 23.4. The standard InChI is InChI=1S/C30H26N2O4S/c1-4-18-6-8-19(9-7-18)26-25(27(33)20-10-12-23-21(15-20)14-17(3)36-23)28(34)29(35)32(26)30-31-22-11-5-16(2)13-24(22)37-30/h5-13,15,17,26,33H,4,14H2,1-3H3/t17-,26+/m0/s1. The lowest BCUT2D eigenvalue weighted by Crippen LogP contribution is -2.29. The molecule has 4 aromatic rings. The average Bonchev–Trinajstić information content (AvgIpc) is 3.55. The molecule has 0 unspecified atom stereocenters. The Hall–Kier alpha value is -3.97. The van der Waals surface area contributed by atoms with Crippen LogP contribution in [-0.4, -0.2) is 27.9 Å². The minimum Gasteiger partial charge on any atom is -0.507 e. The van der Waals surface area contributed by atoms with Gasteiger partial charge in [-0.3, -0.25) is 14.5 Å². The fourth-order valence-electron chi connectivity index (χ4n) is 5.13. The monoisotopic (exact) mass is 510 g/mol. The van der Waals surface area contributed by atoms with E-state index >= 15 is 0 Å². The number of ether oxygens (including phenoxy) is 1. The highest BCUT2D eigenvalue weighted by Crippen LogP contribution is 2.45. The van der Waals surface area contributed by atoms with Crippen LogP contribution in [0.2, 0.25) is 0 Å². The lowest BCUT2D eigenvalue weighted by atomic mass is 9.94. The highest BCUT2D eigenvalue weighted by atomic mass is 32.1. The van der Waals surface area contributed by atoms with Crippen molar-refractivity contribution in [2.24, 2.45) is 0 Å². The maximum absolute atomic E-state index is 13.5. The molecule has 1 fully saturated rings. The molecule has 2 aliphatic rings. The second kappa shape index (κ2) is 8.85. The topological polar surface area (TPSA) is 79.7 Å². The van der Waals surface area contributed by atoms with E-state index in [1.165, 1.54) is 16.2 Å². The van der Waals surface area contributed by atoms with Crippen molar-refractivity contribution in [3.63, 3.8) is 0 Å². The van der Waals surface area contributed by atoms with Crippen molar-refractivity contribution in [1.29, 1.82) is 0 Å². The number of amides is 1. The molecule has 7 heteroatoms. The number of carbonyl (C=O) groups is 2. The SMILES string of the molecule is CCc1ccc([C@@H]2C(=C(O)c3ccc4c(c3)C[C@H](C)O4)C(=O)C(=O)N2c2nc3ccc(C)cc3s2)cc1. The molecular formula is C30H26N2O4S. The van der Waals surface area contributed by atoms with Gasteiger partial charge in [-0.15, -0.1) is 0 Å². The summed E-state index contributed by atoms with van der Waals surface area (Å²) in [7, 11) is 0. The van der Waals surface area contributed by atoms with E-state index in [1.54, 1.807) is 6.07 Å². The molecule has 1 amide bonds. The van der Waals surface area contributed by atoms with Crippen LogP contribution < -0.4 is 9.64 Å². The van der Waals surface area contributed by atoms with E-state index in [2.05, 4.69) is 6.92 Å². The van der Waals surface area contributed by atoms with Crippen molar-refractivity contribution >= 4 is 44.1 Å². The predicted octanol–water partition coefficient (Wildman–Crippen LogP) is 6.12. The first-order valence-corrected chi connectivity index (χ1v) is 13.2. The fourth-order valence-corrected chi connectivity index (χ4v) is 6.22. The van der Waals surface area contributed by atoms with Crippen LogP contribution >= 0.6 is 11.3 Å². The molecule has 1 aromatic heterocycles. The zero-order valence-corrected chi connectivity index (χ0v) is 21.6. The van der Waals surface area contributed by atoms with Crippen molar-refractivity contribution in [2.75, 3.05) is 4.90 Å². The number of thiazole rings is 1. The molecule has 186 valence electrons. The maximum Gasteiger partial charge on any atom is 0.301 e. The van der Waals surface area contributed by atoms with Crippen LogP contribution in [0.1, 0.15) is 47.7 Å². The van der Waals surface area contributed by atoms with E-state index in [9.17, 15) is 14.7 Å². The normalized spacial score (nSPS) is 20.5. The van der Waals surface area contributed by atoms with Crippen LogP contribution in [0.4, 0.5) is 5.13 Å². The zero-order chi connectivity index (χ0) is 25.8. The number of fused-ring (bicyclic) bond motifs is 2. The van der Waals surface area contributed by atoms with E-state index in [0.29, 0.717) is 10.7 Å². The Morgan fingerprint density at radius 3 is 2.65 bits per heavy atom. The summed E-state index contributed by atoms with van der Waals surface area (Å²) in [5.41, 5.74) is 5.26. The summed E-state index contributed by atoms with van der Waals surface area (Å²) in [5, 5.41) is 11.9. The second-order valence-corrected chi connectivity index (χ2v) is 10.7. The van der Waals surface area contributed by atoms with Gasteiger partial charge in [0.1, 0.15) is 17.6 Å². The number of aliphatic hydroxyl groups excluding tert-OH is 1. The van der Waals surface area contributed by atoms with Gasteiger partial charge in [-0.05, 0) is 72.9 Å². The van der Waals surface area contributed by atoms with Gasteiger partial charge < -0.3 is 9.84 Å². The number of hydrogen-bond acceptors (Lipinski definition) is 6. The molecule has 37 heavy (non-hydrogen) atoms. The van der Waals surface area contributed by atoms with Gasteiger partial charge in [-0.25, -0.2) is 4.98 Å². The van der Waals surface area contributed by atoms with Crippen molar-refractivity contribution < 1.29 is 19.4 Å². The van der Waals surface area contributed by atoms with Gasteiger partial charge in [0, 0.05) is 12.0 Å². The van der Waals surface area contributed by atoms with Crippen LogP contribution in [0.3, 0.4) is 0 Å². The number of benzene rings is 3. The number of aromatic nitrogens is 1. The molecule has 0 radical (unpaired) electrons. The molecule has 0 aliphatic carbocycles. The first-order chi connectivity index (χ1) is 17.8. The number of rotatable bonds is 4. The molecule has 1 N–H and O–H groups in total. The van der Waals surface area contributed by atoms with E-state index in [0.717, 1.165) is 51.1 Å². The Bertz CT molecular complexity index is 1600. The summed E-state index contributed by atoms with van der Waals surface area (Å²) in [6.07, 6.45) is 1.64. The van der Waals surface area contributed by atoms with Crippen LogP contribution in [0.5, 0.6) is 5.75 Å². The molecule has 0 bridgehead atoms. The van der Waals surface area contributed by atoms with Gasteiger partial charge in [0.25, 0.3) is 5.78 Å². The lowest BCUT2D eigenvalue weighted by Gasteiger charge is -2.23. The molecule has 2 atom stereocenters. The van der Waals surface area contributed by atoms with Crippen molar-refractivity contribution in [1.82, 2.24) is 4.98 Å². The quantitative estimate of drug-likeness (QED) is 0.203. The van der Waals surface area contributed by atoms with Gasteiger partial charge in [0.05, 0.1) is 21.8 Å². The number of carbonyl (C=O) groups excluding carboxylic acids is 2. The van der Waals surface area contributed by atoms with Gasteiger partial charge in [-0.2, -0.15) is 0 Å². The average molecular weight is 511 g/mol. The number of Topliss-reactive ketones (excluding diaryl/α,β-unsaturated/α-hetero) is 1. The Morgan fingerprint density at radius 2 is 1.89 bits per heavy atom. The molecule has 3 aromatic carbocycles. The summed E-state index contributed by atoms with van der Waals surface area (Å²) >= 11 is 1.37. The summed E-state index contributed by atoms with van der Waals surface area (Å²) in [6, 6.07) is 18.3. The number of aryl methyl sites for hydroxylation is 2. The number of ketones is 1. The van der Waals surface area contributed by atoms with Crippen LogP contribution in [-0.2, 0) is 22.4 Å². The smallest absolute Gasteiger partial charge is 0.301 e. The molecule has 6 nitrogen and oxygen atoms in total. The van der Waals surface area contributed by atoms with Gasteiger partial charge >= 0.3 is 5.91 Å². The highest BCUT2D eigenvalue weighted by molar-refractivity contribution is 7.22. The van der Waals surface area contributed by atoms with Crippen molar-refractivity contribution in [3.05, 3.63) is 94.1 Å². The maximum atomic E-state index is 13.5. The second-order valence-electron chi connectivity index (χ2n) is 9.69. The molecule has 3 heterocycles. The summed E-state index contributed by atoms with van der Waals surface area (Å²) in [4.78, 5) is 33.2. The Morgan fingerprint density at radius 1 is 1.11 bits per heavy atom. The van der Waals surface area contributed by atoms with Crippen LogP contribution in [0.25, 0.3) is 16.0 Å².